The summed E-state index contributed by atoms with van der Waals surface area (Å²) in [6.45, 7) is 2.03. The molecule has 0 fully saturated rings. The van der Waals surface area contributed by atoms with Crippen molar-refractivity contribution in [3.05, 3.63) is 52.0 Å². The summed E-state index contributed by atoms with van der Waals surface area (Å²) in [5.74, 6) is 0. The lowest BCUT2D eigenvalue weighted by molar-refractivity contribution is 1.40. The Morgan fingerprint density at radius 3 is 2.63 bits per heavy atom. The smallest absolute Gasteiger partial charge is 0.188 e. The molecule has 0 bridgehead atoms. The minimum atomic E-state index is 0.706. The normalized spacial score (nSPS) is 10.9. The Bertz CT molecular complexity index is 752. The number of halogens is 2. The summed E-state index contributed by atoms with van der Waals surface area (Å²) in [7, 11) is 0. The minimum Gasteiger partial charge on any atom is -0.331 e. The molecule has 0 aliphatic heterocycles. The van der Waals surface area contributed by atoms with Crippen molar-refractivity contribution in [1.29, 1.82) is 0 Å². The highest BCUT2D eigenvalue weighted by molar-refractivity contribution is 7.22. The van der Waals surface area contributed by atoms with Crippen LogP contribution >= 0.6 is 34.5 Å². The van der Waals surface area contributed by atoms with E-state index in [9.17, 15) is 0 Å². The monoisotopic (exact) mass is 308 g/mol. The molecule has 0 spiro atoms. The van der Waals surface area contributed by atoms with Gasteiger partial charge in [-0.15, -0.1) is 0 Å². The number of thiazole rings is 1. The van der Waals surface area contributed by atoms with Crippen molar-refractivity contribution in [2.24, 2.45) is 0 Å². The number of aromatic nitrogens is 1. The number of nitrogens with zero attached hydrogens (tertiary/aromatic N) is 1. The van der Waals surface area contributed by atoms with E-state index in [4.69, 9.17) is 23.2 Å². The first-order valence-electron chi connectivity index (χ1n) is 5.71. The van der Waals surface area contributed by atoms with E-state index in [0.29, 0.717) is 5.02 Å². The lowest BCUT2D eigenvalue weighted by Gasteiger charge is -2.06. The molecule has 0 atom stereocenters. The van der Waals surface area contributed by atoms with E-state index < -0.39 is 0 Å². The van der Waals surface area contributed by atoms with Crippen LogP contribution in [0, 0.1) is 6.92 Å². The van der Waals surface area contributed by atoms with Gasteiger partial charge in [0.15, 0.2) is 5.13 Å². The summed E-state index contributed by atoms with van der Waals surface area (Å²) in [6, 6.07) is 11.4. The predicted molar refractivity (Wildman–Crippen MR) is 84.1 cm³/mol. The van der Waals surface area contributed by atoms with Crippen LogP contribution in [0.5, 0.6) is 0 Å². The zero-order chi connectivity index (χ0) is 13.4. The largest absolute Gasteiger partial charge is 0.331 e. The molecule has 0 saturated heterocycles. The zero-order valence-corrected chi connectivity index (χ0v) is 12.4. The first kappa shape index (κ1) is 12.7. The quantitative estimate of drug-likeness (QED) is 0.661. The van der Waals surface area contributed by atoms with Gasteiger partial charge in [-0.2, -0.15) is 0 Å². The fourth-order valence-corrected chi connectivity index (χ4v) is 3.12. The molecule has 2 nitrogen and oxygen atoms in total. The van der Waals surface area contributed by atoms with Crippen LogP contribution in [-0.2, 0) is 0 Å². The van der Waals surface area contributed by atoms with Crippen LogP contribution in [0.4, 0.5) is 10.8 Å². The van der Waals surface area contributed by atoms with Gasteiger partial charge in [-0.3, -0.25) is 0 Å². The summed E-state index contributed by atoms with van der Waals surface area (Å²) in [5, 5.41) is 5.57. The predicted octanol–water partition coefficient (Wildman–Crippen LogP) is 5.66. The van der Waals surface area contributed by atoms with Crippen LogP contribution < -0.4 is 5.32 Å². The van der Waals surface area contributed by atoms with Crippen molar-refractivity contribution in [2.45, 2.75) is 6.92 Å². The van der Waals surface area contributed by atoms with E-state index in [2.05, 4.69) is 10.3 Å². The van der Waals surface area contributed by atoms with Crippen LogP contribution in [0.1, 0.15) is 5.56 Å². The Morgan fingerprint density at radius 2 is 1.79 bits per heavy atom. The summed E-state index contributed by atoms with van der Waals surface area (Å²) >= 11 is 13.6. The van der Waals surface area contributed by atoms with Gasteiger partial charge in [0.2, 0.25) is 0 Å². The molecule has 5 heteroatoms. The van der Waals surface area contributed by atoms with E-state index in [0.717, 1.165) is 31.6 Å². The molecule has 0 aliphatic carbocycles. The third-order valence-electron chi connectivity index (χ3n) is 2.79. The minimum absolute atomic E-state index is 0.706. The average molecular weight is 309 g/mol. The van der Waals surface area contributed by atoms with Gasteiger partial charge < -0.3 is 5.32 Å². The Labute approximate surface area is 125 Å². The van der Waals surface area contributed by atoms with Crippen molar-refractivity contribution >= 4 is 55.6 Å². The number of aryl methyl sites for hydroxylation is 1. The Hall–Kier alpha value is -1.29. The number of rotatable bonds is 2. The molecule has 2 aromatic carbocycles. The highest BCUT2D eigenvalue weighted by Crippen LogP contribution is 2.31. The number of hydrogen-bond acceptors (Lipinski definition) is 3. The number of benzene rings is 2. The molecule has 3 rings (SSSR count). The molecule has 0 unspecified atom stereocenters. The van der Waals surface area contributed by atoms with Crippen molar-refractivity contribution in [1.82, 2.24) is 4.98 Å². The molecule has 0 aliphatic rings. The van der Waals surface area contributed by atoms with E-state index in [-0.39, 0.29) is 0 Å². The Morgan fingerprint density at radius 1 is 1.05 bits per heavy atom. The third kappa shape index (κ3) is 2.68. The summed E-state index contributed by atoms with van der Waals surface area (Å²) in [5.41, 5.74) is 3.04. The molecule has 19 heavy (non-hydrogen) atoms. The van der Waals surface area contributed by atoms with Gasteiger partial charge in [-0.1, -0.05) is 40.6 Å². The van der Waals surface area contributed by atoms with Crippen molar-refractivity contribution in [3.63, 3.8) is 0 Å². The average Bonchev–Trinajstić information content (AvgIpc) is 2.75. The van der Waals surface area contributed by atoms with Gasteiger partial charge in [-0.05, 0) is 42.8 Å². The summed E-state index contributed by atoms with van der Waals surface area (Å²) < 4.78 is 1.06. The second-order valence-electron chi connectivity index (χ2n) is 4.22. The van der Waals surface area contributed by atoms with Crippen molar-refractivity contribution in [2.75, 3.05) is 5.32 Å². The number of hydrogen-bond donors (Lipinski definition) is 1. The van der Waals surface area contributed by atoms with Gasteiger partial charge in [0, 0.05) is 15.7 Å². The van der Waals surface area contributed by atoms with Crippen LogP contribution in [0.25, 0.3) is 10.2 Å². The van der Waals surface area contributed by atoms with Gasteiger partial charge in [-0.25, -0.2) is 4.98 Å². The SMILES string of the molecule is Cc1ccc(Cl)cc1Nc1nc2ccc(Cl)cc2s1. The second-order valence-corrected chi connectivity index (χ2v) is 6.12. The van der Waals surface area contributed by atoms with Crippen LogP contribution in [-0.4, -0.2) is 4.98 Å². The second kappa shape index (κ2) is 5.00. The first-order valence-corrected chi connectivity index (χ1v) is 7.28. The molecule has 0 amide bonds. The number of fused-ring (bicyclic) bond motifs is 1. The van der Waals surface area contributed by atoms with Crippen LogP contribution in [0.2, 0.25) is 10.0 Å². The topological polar surface area (TPSA) is 24.9 Å². The molecule has 0 radical (unpaired) electrons. The van der Waals surface area contributed by atoms with Gasteiger partial charge in [0.25, 0.3) is 0 Å². The van der Waals surface area contributed by atoms with E-state index in [1.54, 1.807) is 11.3 Å². The fourth-order valence-electron chi connectivity index (χ4n) is 1.80. The maximum Gasteiger partial charge on any atom is 0.188 e. The molecule has 1 heterocycles. The Balaban J connectivity index is 1.98. The lowest BCUT2D eigenvalue weighted by Crippen LogP contribution is -1.91. The number of anilines is 2. The maximum absolute atomic E-state index is 6.01. The van der Waals surface area contributed by atoms with Gasteiger partial charge >= 0.3 is 0 Å². The molecule has 96 valence electrons. The molecule has 3 aromatic rings. The lowest BCUT2D eigenvalue weighted by atomic mass is 10.2. The Kier molecular flexibility index (Phi) is 3.35. The highest BCUT2D eigenvalue weighted by atomic mass is 35.5. The zero-order valence-electron chi connectivity index (χ0n) is 10.1. The van der Waals surface area contributed by atoms with Crippen molar-refractivity contribution in [3.8, 4) is 0 Å². The van der Waals surface area contributed by atoms with Gasteiger partial charge in [0.05, 0.1) is 10.2 Å². The maximum atomic E-state index is 6.01. The van der Waals surface area contributed by atoms with Crippen molar-refractivity contribution < 1.29 is 0 Å². The molecule has 0 saturated carbocycles. The third-order valence-corrected chi connectivity index (χ3v) is 4.20. The molecule has 1 aromatic heterocycles. The molecule has 1 N–H and O–H groups in total. The van der Waals surface area contributed by atoms with Gasteiger partial charge in [0.1, 0.15) is 0 Å². The molecular formula is C14H10Cl2N2S. The first-order chi connectivity index (χ1) is 9.11. The molecular weight excluding hydrogens is 299 g/mol. The van der Waals surface area contributed by atoms with E-state index >= 15 is 0 Å². The number of nitrogens with one attached hydrogen (secondary N) is 1. The van der Waals surface area contributed by atoms with E-state index in [1.807, 2.05) is 43.3 Å². The van der Waals surface area contributed by atoms with Crippen LogP contribution in [0.3, 0.4) is 0 Å². The highest BCUT2D eigenvalue weighted by Gasteiger charge is 2.06. The summed E-state index contributed by atoms with van der Waals surface area (Å²) in [4.78, 5) is 4.53. The standard InChI is InChI=1S/C14H10Cl2N2S/c1-8-2-3-9(15)6-12(8)18-14-17-11-5-4-10(16)7-13(11)19-14/h2-7H,1H3,(H,17,18). The van der Waals surface area contributed by atoms with Crippen LogP contribution in [0.15, 0.2) is 36.4 Å². The summed E-state index contributed by atoms with van der Waals surface area (Å²) in [6.07, 6.45) is 0. The van der Waals surface area contributed by atoms with E-state index in [1.165, 1.54) is 0 Å². The fraction of sp³-hybridized carbons (Fsp3) is 0.0714.